The third-order valence-corrected chi connectivity index (χ3v) is 4.03. The molecule has 1 aromatic rings. The van der Waals surface area contributed by atoms with Crippen LogP contribution in [0.2, 0.25) is 0 Å². The molecule has 0 heterocycles. The normalized spacial score (nSPS) is 16.6. The Hall–Kier alpha value is -1.18. The van der Waals surface area contributed by atoms with Crippen molar-refractivity contribution >= 4 is 5.69 Å². The molecule has 0 unspecified atom stereocenters. The van der Waals surface area contributed by atoms with Crippen molar-refractivity contribution in [2.45, 2.75) is 45.4 Å². The SMILES string of the molecule is COc1ccc(NCCC2CCCCC2)c(C)c1. The largest absolute Gasteiger partial charge is 0.497 e. The van der Waals surface area contributed by atoms with Crippen LogP contribution >= 0.6 is 0 Å². The summed E-state index contributed by atoms with van der Waals surface area (Å²) in [7, 11) is 1.71. The molecule has 1 aromatic carbocycles. The van der Waals surface area contributed by atoms with Gasteiger partial charge in [-0.1, -0.05) is 32.1 Å². The number of rotatable bonds is 5. The van der Waals surface area contributed by atoms with Gasteiger partial charge in [0.2, 0.25) is 0 Å². The van der Waals surface area contributed by atoms with E-state index in [9.17, 15) is 0 Å². The van der Waals surface area contributed by atoms with Gasteiger partial charge in [-0.05, 0) is 43.0 Å². The smallest absolute Gasteiger partial charge is 0.119 e. The molecule has 1 fully saturated rings. The zero-order chi connectivity index (χ0) is 12.8. The van der Waals surface area contributed by atoms with Crippen LogP contribution in [-0.4, -0.2) is 13.7 Å². The molecule has 0 aromatic heterocycles. The molecular formula is C16H25NO. The van der Waals surface area contributed by atoms with Crippen molar-refractivity contribution in [3.63, 3.8) is 0 Å². The van der Waals surface area contributed by atoms with Gasteiger partial charge in [-0.15, -0.1) is 0 Å². The number of hydrogen-bond donors (Lipinski definition) is 1. The topological polar surface area (TPSA) is 21.3 Å². The van der Waals surface area contributed by atoms with E-state index in [2.05, 4.69) is 24.4 Å². The summed E-state index contributed by atoms with van der Waals surface area (Å²) in [6, 6.07) is 6.23. The van der Waals surface area contributed by atoms with Gasteiger partial charge >= 0.3 is 0 Å². The van der Waals surface area contributed by atoms with Crippen LogP contribution in [0.3, 0.4) is 0 Å². The molecule has 0 bridgehead atoms. The minimum Gasteiger partial charge on any atom is -0.497 e. The Kier molecular flexibility index (Phi) is 4.91. The molecule has 2 nitrogen and oxygen atoms in total. The van der Waals surface area contributed by atoms with Crippen molar-refractivity contribution in [3.05, 3.63) is 23.8 Å². The van der Waals surface area contributed by atoms with E-state index in [1.54, 1.807) is 7.11 Å². The highest BCUT2D eigenvalue weighted by atomic mass is 16.5. The van der Waals surface area contributed by atoms with Crippen molar-refractivity contribution < 1.29 is 4.74 Å². The minimum absolute atomic E-state index is 0.935. The second kappa shape index (κ2) is 6.67. The van der Waals surface area contributed by atoms with Crippen molar-refractivity contribution in [2.75, 3.05) is 19.0 Å². The number of nitrogens with one attached hydrogen (secondary N) is 1. The Bertz CT molecular complexity index is 369. The number of ether oxygens (including phenoxy) is 1. The molecule has 0 saturated heterocycles. The predicted octanol–water partition coefficient (Wildman–Crippen LogP) is 4.39. The molecule has 0 radical (unpaired) electrons. The van der Waals surface area contributed by atoms with Crippen LogP contribution in [0.15, 0.2) is 18.2 Å². The third-order valence-electron chi connectivity index (χ3n) is 4.03. The first-order valence-electron chi connectivity index (χ1n) is 7.18. The Morgan fingerprint density at radius 3 is 2.67 bits per heavy atom. The molecule has 0 amide bonds. The summed E-state index contributed by atoms with van der Waals surface area (Å²) >= 11 is 0. The lowest BCUT2D eigenvalue weighted by Gasteiger charge is -2.22. The molecule has 100 valence electrons. The maximum atomic E-state index is 5.22. The average Bonchev–Trinajstić information content (AvgIpc) is 2.42. The number of methoxy groups -OCH3 is 1. The highest BCUT2D eigenvalue weighted by Crippen LogP contribution is 2.27. The van der Waals surface area contributed by atoms with E-state index in [-0.39, 0.29) is 0 Å². The molecule has 0 spiro atoms. The first-order chi connectivity index (χ1) is 8.79. The first-order valence-corrected chi connectivity index (χ1v) is 7.18. The van der Waals surface area contributed by atoms with Gasteiger partial charge < -0.3 is 10.1 Å². The van der Waals surface area contributed by atoms with Crippen LogP contribution in [0, 0.1) is 12.8 Å². The summed E-state index contributed by atoms with van der Waals surface area (Å²) in [5, 5.41) is 3.56. The van der Waals surface area contributed by atoms with Crippen molar-refractivity contribution in [2.24, 2.45) is 5.92 Å². The lowest BCUT2D eigenvalue weighted by atomic mass is 9.87. The van der Waals surface area contributed by atoms with E-state index in [1.165, 1.54) is 49.8 Å². The van der Waals surface area contributed by atoms with E-state index in [0.717, 1.165) is 18.2 Å². The Labute approximate surface area is 111 Å². The molecule has 18 heavy (non-hydrogen) atoms. The van der Waals surface area contributed by atoms with Gasteiger partial charge in [-0.3, -0.25) is 0 Å². The van der Waals surface area contributed by atoms with Crippen LogP contribution in [-0.2, 0) is 0 Å². The Morgan fingerprint density at radius 2 is 2.00 bits per heavy atom. The molecule has 1 N–H and O–H groups in total. The maximum absolute atomic E-state index is 5.22. The summed E-state index contributed by atoms with van der Waals surface area (Å²) < 4.78 is 5.22. The average molecular weight is 247 g/mol. The fourth-order valence-electron chi connectivity index (χ4n) is 2.85. The van der Waals surface area contributed by atoms with E-state index >= 15 is 0 Å². The lowest BCUT2D eigenvalue weighted by molar-refractivity contribution is 0.345. The highest BCUT2D eigenvalue weighted by molar-refractivity contribution is 5.53. The summed E-state index contributed by atoms with van der Waals surface area (Å²) in [4.78, 5) is 0. The molecule has 2 heteroatoms. The van der Waals surface area contributed by atoms with Crippen molar-refractivity contribution in [1.82, 2.24) is 0 Å². The standard InChI is InChI=1S/C16H25NO/c1-13-12-15(18-2)8-9-16(13)17-11-10-14-6-4-3-5-7-14/h8-9,12,14,17H,3-7,10-11H2,1-2H3. The summed E-state index contributed by atoms with van der Waals surface area (Å²) in [6.07, 6.45) is 8.50. The predicted molar refractivity (Wildman–Crippen MR) is 77.4 cm³/mol. The molecule has 0 aliphatic heterocycles. The molecule has 1 saturated carbocycles. The molecule has 1 aliphatic rings. The van der Waals surface area contributed by atoms with Gasteiger partial charge in [0.05, 0.1) is 7.11 Å². The van der Waals surface area contributed by atoms with Gasteiger partial charge in [-0.2, -0.15) is 0 Å². The number of benzene rings is 1. The second-order valence-corrected chi connectivity index (χ2v) is 5.40. The minimum atomic E-state index is 0.935. The third kappa shape index (κ3) is 3.66. The zero-order valence-corrected chi connectivity index (χ0v) is 11.7. The number of hydrogen-bond acceptors (Lipinski definition) is 2. The van der Waals surface area contributed by atoms with E-state index in [0.29, 0.717) is 0 Å². The monoisotopic (exact) mass is 247 g/mol. The highest BCUT2D eigenvalue weighted by Gasteiger charge is 2.12. The van der Waals surface area contributed by atoms with Gasteiger partial charge in [0.1, 0.15) is 5.75 Å². The van der Waals surface area contributed by atoms with Crippen LogP contribution in [0.1, 0.15) is 44.1 Å². The fourth-order valence-corrected chi connectivity index (χ4v) is 2.85. The number of aryl methyl sites for hydroxylation is 1. The van der Waals surface area contributed by atoms with Gasteiger partial charge in [0.25, 0.3) is 0 Å². The van der Waals surface area contributed by atoms with Gasteiger partial charge in [0, 0.05) is 12.2 Å². The van der Waals surface area contributed by atoms with Gasteiger partial charge in [-0.25, -0.2) is 0 Å². The molecular weight excluding hydrogens is 222 g/mol. The fraction of sp³-hybridized carbons (Fsp3) is 0.625. The van der Waals surface area contributed by atoms with E-state index in [1.807, 2.05) is 6.07 Å². The van der Waals surface area contributed by atoms with Crippen LogP contribution in [0.5, 0.6) is 5.75 Å². The van der Waals surface area contributed by atoms with Crippen LogP contribution in [0.4, 0.5) is 5.69 Å². The van der Waals surface area contributed by atoms with Crippen LogP contribution in [0.25, 0.3) is 0 Å². The zero-order valence-electron chi connectivity index (χ0n) is 11.7. The van der Waals surface area contributed by atoms with E-state index in [4.69, 9.17) is 4.74 Å². The quantitative estimate of drug-likeness (QED) is 0.833. The Morgan fingerprint density at radius 1 is 1.22 bits per heavy atom. The molecule has 1 aliphatic carbocycles. The van der Waals surface area contributed by atoms with Gasteiger partial charge in [0.15, 0.2) is 0 Å². The van der Waals surface area contributed by atoms with E-state index < -0.39 is 0 Å². The maximum Gasteiger partial charge on any atom is 0.119 e. The first kappa shape index (κ1) is 13.3. The molecule has 0 atom stereocenters. The Balaban J connectivity index is 1.79. The summed E-state index contributed by atoms with van der Waals surface area (Å²) in [5.74, 6) is 1.88. The number of anilines is 1. The van der Waals surface area contributed by atoms with Crippen molar-refractivity contribution in [1.29, 1.82) is 0 Å². The lowest BCUT2D eigenvalue weighted by Crippen LogP contribution is -2.12. The molecule has 2 rings (SSSR count). The van der Waals surface area contributed by atoms with Crippen molar-refractivity contribution in [3.8, 4) is 5.75 Å². The second-order valence-electron chi connectivity index (χ2n) is 5.40. The summed E-state index contributed by atoms with van der Waals surface area (Å²) in [6.45, 7) is 3.23. The van der Waals surface area contributed by atoms with Crippen LogP contribution < -0.4 is 10.1 Å². The summed E-state index contributed by atoms with van der Waals surface area (Å²) in [5.41, 5.74) is 2.50.